The molecule has 1 aliphatic rings. The molecule has 0 aromatic heterocycles. The molecule has 3 nitrogen and oxygen atoms in total. The van der Waals surface area contributed by atoms with E-state index in [9.17, 15) is 0 Å². The van der Waals surface area contributed by atoms with Crippen LogP contribution < -0.4 is 4.74 Å². The maximum Gasteiger partial charge on any atom is 0.127 e. The molecular formula is C19H25NO2. The molecule has 1 heterocycles. The van der Waals surface area contributed by atoms with Crippen molar-refractivity contribution < 1.29 is 9.47 Å². The molecular weight excluding hydrogens is 274 g/mol. The Morgan fingerprint density at radius 3 is 2.59 bits per heavy atom. The van der Waals surface area contributed by atoms with Gasteiger partial charge in [-0.25, -0.2) is 0 Å². The first-order valence-electron chi connectivity index (χ1n) is 8.31. The Labute approximate surface area is 132 Å². The van der Waals surface area contributed by atoms with Crippen LogP contribution in [0.1, 0.15) is 19.8 Å². The second-order valence-electron chi connectivity index (χ2n) is 5.84. The third kappa shape index (κ3) is 3.60. The SMILES string of the molecule is CCOCC(COc1cccc2ccccc12)N1CCCC1. The minimum absolute atomic E-state index is 0.349. The van der Waals surface area contributed by atoms with Gasteiger partial charge in [0.1, 0.15) is 12.4 Å². The molecule has 118 valence electrons. The predicted octanol–water partition coefficient (Wildman–Crippen LogP) is 3.72. The number of benzene rings is 2. The van der Waals surface area contributed by atoms with Crippen LogP contribution in [0.3, 0.4) is 0 Å². The van der Waals surface area contributed by atoms with Crippen LogP contribution in [0.25, 0.3) is 10.8 Å². The van der Waals surface area contributed by atoms with Crippen molar-refractivity contribution in [2.45, 2.75) is 25.8 Å². The number of rotatable bonds is 7. The summed E-state index contributed by atoms with van der Waals surface area (Å²) in [7, 11) is 0. The molecule has 1 aliphatic heterocycles. The van der Waals surface area contributed by atoms with Crippen molar-refractivity contribution in [3.05, 3.63) is 42.5 Å². The summed E-state index contributed by atoms with van der Waals surface area (Å²) < 4.78 is 11.8. The first kappa shape index (κ1) is 15.3. The lowest BCUT2D eigenvalue weighted by atomic mass is 10.1. The lowest BCUT2D eigenvalue weighted by molar-refractivity contribution is 0.0524. The smallest absolute Gasteiger partial charge is 0.127 e. The van der Waals surface area contributed by atoms with Gasteiger partial charge in [0.2, 0.25) is 0 Å². The van der Waals surface area contributed by atoms with Crippen molar-refractivity contribution in [1.82, 2.24) is 4.90 Å². The zero-order valence-corrected chi connectivity index (χ0v) is 13.3. The van der Waals surface area contributed by atoms with Crippen molar-refractivity contribution in [3.8, 4) is 5.75 Å². The van der Waals surface area contributed by atoms with Gasteiger partial charge in [-0.2, -0.15) is 0 Å². The van der Waals surface area contributed by atoms with Gasteiger partial charge in [-0.3, -0.25) is 4.90 Å². The van der Waals surface area contributed by atoms with Crippen LogP contribution in [0, 0.1) is 0 Å². The van der Waals surface area contributed by atoms with Gasteiger partial charge in [0.15, 0.2) is 0 Å². The zero-order valence-electron chi connectivity index (χ0n) is 13.3. The molecule has 0 saturated carbocycles. The number of likely N-dealkylation sites (tertiary alicyclic amines) is 1. The van der Waals surface area contributed by atoms with Crippen LogP contribution in [-0.4, -0.2) is 43.9 Å². The van der Waals surface area contributed by atoms with Gasteiger partial charge in [0.05, 0.1) is 12.6 Å². The van der Waals surface area contributed by atoms with Crippen molar-refractivity contribution in [2.24, 2.45) is 0 Å². The largest absolute Gasteiger partial charge is 0.491 e. The Balaban J connectivity index is 1.70. The van der Waals surface area contributed by atoms with E-state index < -0.39 is 0 Å². The van der Waals surface area contributed by atoms with E-state index in [1.807, 2.05) is 6.92 Å². The summed E-state index contributed by atoms with van der Waals surface area (Å²) in [5.41, 5.74) is 0. The van der Waals surface area contributed by atoms with E-state index in [4.69, 9.17) is 9.47 Å². The molecule has 0 aliphatic carbocycles. The number of hydrogen-bond donors (Lipinski definition) is 0. The van der Waals surface area contributed by atoms with Crippen LogP contribution in [0.4, 0.5) is 0 Å². The molecule has 0 spiro atoms. The summed E-state index contributed by atoms with van der Waals surface area (Å²) in [5, 5.41) is 2.41. The number of fused-ring (bicyclic) bond motifs is 1. The minimum Gasteiger partial charge on any atom is -0.491 e. The molecule has 1 atom stereocenters. The van der Waals surface area contributed by atoms with Crippen molar-refractivity contribution in [2.75, 3.05) is 32.9 Å². The van der Waals surface area contributed by atoms with E-state index in [0.717, 1.165) is 32.1 Å². The summed E-state index contributed by atoms with van der Waals surface area (Å²) >= 11 is 0. The first-order chi connectivity index (χ1) is 10.9. The van der Waals surface area contributed by atoms with Gasteiger partial charge in [0.25, 0.3) is 0 Å². The van der Waals surface area contributed by atoms with E-state index in [1.165, 1.54) is 23.6 Å². The van der Waals surface area contributed by atoms with Crippen molar-refractivity contribution >= 4 is 10.8 Å². The number of ether oxygens (including phenoxy) is 2. The molecule has 1 fully saturated rings. The van der Waals surface area contributed by atoms with Crippen LogP contribution in [0.15, 0.2) is 42.5 Å². The first-order valence-corrected chi connectivity index (χ1v) is 8.31. The maximum absolute atomic E-state index is 6.17. The molecule has 1 unspecified atom stereocenters. The number of hydrogen-bond acceptors (Lipinski definition) is 3. The van der Waals surface area contributed by atoms with Gasteiger partial charge >= 0.3 is 0 Å². The lowest BCUT2D eigenvalue weighted by Gasteiger charge is -2.27. The third-order valence-corrected chi connectivity index (χ3v) is 4.35. The van der Waals surface area contributed by atoms with E-state index in [0.29, 0.717) is 12.6 Å². The highest BCUT2D eigenvalue weighted by Crippen LogP contribution is 2.25. The summed E-state index contributed by atoms with van der Waals surface area (Å²) in [6, 6.07) is 15.0. The Kier molecular flexibility index (Phi) is 5.30. The van der Waals surface area contributed by atoms with E-state index in [-0.39, 0.29) is 0 Å². The maximum atomic E-state index is 6.17. The molecule has 0 bridgehead atoms. The fraction of sp³-hybridized carbons (Fsp3) is 0.474. The van der Waals surface area contributed by atoms with Gasteiger partial charge < -0.3 is 9.47 Å². The van der Waals surface area contributed by atoms with Crippen LogP contribution >= 0.6 is 0 Å². The average molecular weight is 299 g/mol. The standard InChI is InChI=1S/C19H25NO2/c1-2-21-14-17(20-12-5-6-13-20)15-22-19-11-7-9-16-8-3-4-10-18(16)19/h3-4,7-11,17H,2,5-6,12-15H2,1H3. The summed E-state index contributed by atoms with van der Waals surface area (Å²) in [6.07, 6.45) is 2.58. The Hall–Kier alpha value is -1.58. The molecule has 0 N–H and O–H groups in total. The lowest BCUT2D eigenvalue weighted by Crippen LogP contribution is -2.41. The fourth-order valence-electron chi connectivity index (χ4n) is 3.13. The fourth-order valence-corrected chi connectivity index (χ4v) is 3.13. The third-order valence-electron chi connectivity index (χ3n) is 4.35. The zero-order chi connectivity index (χ0) is 15.2. The quantitative estimate of drug-likeness (QED) is 0.778. The normalized spacial score (nSPS) is 17.0. The average Bonchev–Trinajstić information content (AvgIpc) is 3.09. The Morgan fingerprint density at radius 2 is 1.77 bits per heavy atom. The molecule has 22 heavy (non-hydrogen) atoms. The number of nitrogens with zero attached hydrogens (tertiary/aromatic N) is 1. The Bertz CT molecular complexity index is 588. The summed E-state index contributed by atoms with van der Waals surface area (Å²) in [6.45, 7) is 6.58. The molecule has 0 radical (unpaired) electrons. The summed E-state index contributed by atoms with van der Waals surface area (Å²) in [5.74, 6) is 0.971. The second kappa shape index (κ2) is 7.61. The predicted molar refractivity (Wildman–Crippen MR) is 90.5 cm³/mol. The van der Waals surface area contributed by atoms with Crippen molar-refractivity contribution in [3.63, 3.8) is 0 Å². The van der Waals surface area contributed by atoms with Gasteiger partial charge in [-0.05, 0) is 44.3 Å². The topological polar surface area (TPSA) is 21.7 Å². The van der Waals surface area contributed by atoms with Gasteiger partial charge in [0, 0.05) is 12.0 Å². The van der Waals surface area contributed by atoms with Crippen LogP contribution in [-0.2, 0) is 4.74 Å². The van der Waals surface area contributed by atoms with E-state index in [1.54, 1.807) is 0 Å². The molecule has 1 saturated heterocycles. The molecule has 3 rings (SSSR count). The van der Waals surface area contributed by atoms with E-state index >= 15 is 0 Å². The highest BCUT2D eigenvalue weighted by Gasteiger charge is 2.22. The second-order valence-corrected chi connectivity index (χ2v) is 5.84. The van der Waals surface area contributed by atoms with Crippen LogP contribution in [0.2, 0.25) is 0 Å². The van der Waals surface area contributed by atoms with Crippen molar-refractivity contribution in [1.29, 1.82) is 0 Å². The molecule has 3 heteroatoms. The Morgan fingerprint density at radius 1 is 1.00 bits per heavy atom. The van der Waals surface area contributed by atoms with Gasteiger partial charge in [-0.15, -0.1) is 0 Å². The summed E-state index contributed by atoms with van der Waals surface area (Å²) in [4.78, 5) is 2.50. The molecule has 2 aromatic rings. The van der Waals surface area contributed by atoms with Crippen LogP contribution in [0.5, 0.6) is 5.75 Å². The molecule has 0 amide bonds. The molecule has 2 aromatic carbocycles. The monoisotopic (exact) mass is 299 g/mol. The van der Waals surface area contributed by atoms with E-state index in [2.05, 4.69) is 47.4 Å². The highest BCUT2D eigenvalue weighted by molar-refractivity contribution is 5.88. The van der Waals surface area contributed by atoms with Gasteiger partial charge in [-0.1, -0.05) is 36.4 Å². The highest BCUT2D eigenvalue weighted by atomic mass is 16.5. The minimum atomic E-state index is 0.349.